The molecule has 3 aromatic rings. The number of aryl methyl sites for hydroxylation is 1. The summed E-state index contributed by atoms with van der Waals surface area (Å²) in [5.74, 6) is 0.366. The molecule has 0 unspecified atom stereocenters. The average molecular weight is 457 g/mol. The summed E-state index contributed by atoms with van der Waals surface area (Å²) in [5.41, 5.74) is 7.43. The van der Waals surface area contributed by atoms with Crippen molar-refractivity contribution < 1.29 is 19.4 Å². The Morgan fingerprint density at radius 3 is 2.66 bits per heavy atom. The number of hydrogen-bond acceptors (Lipinski definition) is 5. The number of carbonyl (C=O) groups excluding carboxylic acids is 1. The molecule has 9 heteroatoms. The topological polar surface area (TPSA) is 113 Å². The van der Waals surface area contributed by atoms with Crippen LogP contribution in [0, 0.1) is 12.7 Å². The van der Waals surface area contributed by atoms with Crippen molar-refractivity contribution in [3.63, 3.8) is 0 Å². The van der Waals surface area contributed by atoms with Crippen LogP contribution >= 0.6 is 11.4 Å². The van der Waals surface area contributed by atoms with Gasteiger partial charge in [-0.1, -0.05) is 30.3 Å². The minimum absolute atomic E-state index is 0.0764. The van der Waals surface area contributed by atoms with E-state index in [4.69, 9.17) is 5.73 Å². The number of carbonyl (C=O) groups is 1. The molecule has 4 N–H and O–H groups in total. The second-order valence-electron chi connectivity index (χ2n) is 7.15. The molecule has 2 aromatic carbocycles. The van der Waals surface area contributed by atoms with Crippen LogP contribution in [0.3, 0.4) is 0 Å². The van der Waals surface area contributed by atoms with E-state index in [-0.39, 0.29) is 30.4 Å². The summed E-state index contributed by atoms with van der Waals surface area (Å²) in [4.78, 5) is 22.1. The van der Waals surface area contributed by atoms with E-state index in [2.05, 4.69) is 9.97 Å². The molecule has 1 aromatic heterocycles. The van der Waals surface area contributed by atoms with Crippen LogP contribution < -0.4 is 5.73 Å². The highest BCUT2D eigenvalue weighted by Crippen LogP contribution is 2.27. The number of nitrogens with two attached hydrogens (primary N) is 1. The fourth-order valence-electron chi connectivity index (χ4n) is 3.31. The van der Waals surface area contributed by atoms with Gasteiger partial charge in [-0.15, -0.1) is 11.4 Å². The van der Waals surface area contributed by atoms with Crippen molar-refractivity contribution in [2.75, 3.05) is 12.3 Å². The highest BCUT2D eigenvalue weighted by atomic mass is 32.1. The molecule has 7 nitrogen and oxygen atoms in total. The third-order valence-corrected chi connectivity index (χ3v) is 6.29. The Labute approximate surface area is 189 Å². The number of halogens is 1. The van der Waals surface area contributed by atoms with Gasteiger partial charge in [-0.3, -0.25) is 4.79 Å². The molecule has 32 heavy (non-hydrogen) atoms. The van der Waals surface area contributed by atoms with Crippen LogP contribution in [0.4, 0.5) is 10.2 Å². The quantitative estimate of drug-likeness (QED) is 0.235. The van der Waals surface area contributed by atoms with Crippen molar-refractivity contribution in [3.8, 4) is 0 Å². The molecule has 0 saturated heterocycles. The number of nitrogens with zero attached hydrogens (tertiary/aromatic N) is 3. The molecule has 0 aliphatic carbocycles. The fourth-order valence-corrected chi connectivity index (χ4v) is 4.38. The van der Waals surface area contributed by atoms with Crippen molar-refractivity contribution in [2.24, 2.45) is 0 Å². The lowest BCUT2D eigenvalue weighted by Crippen LogP contribution is -2.22. The van der Waals surface area contributed by atoms with E-state index in [1.165, 1.54) is 11.0 Å². The van der Waals surface area contributed by atoms with E-state index in [0.717, 1.165) is 0 Å². The van der Waals surface area contributed by atoms with Gasteiger partial charge in [0.05, 0.1) is 6.54 Å². The fraction of sp³-hybridized carbons (Fsp3) is 0.217. The van der Waals surface area contributed by atoms with Gasteiger partial charge in [0.25, 0.3) is 0 Å². The van der Waals surface area contributed by atoms with Crippen LogP contribution in [-0.4, -0.2) is 43.1 Å². The molecule has 0 saturated carbocycles. The van der Waals surface area contributed by atoms with E-state index >= 15 is 0 Å². The van der Waals surface area contributed by atoms with Crippen LogP contribution in [0.1, 0.15) is 30.3 Å². The number of benzene rings is 2. The molecule has 0 aliphatic rings. The number of rotatable bonds is 8. The summed E-state index contributed by atoms with van der Waals surface area (Å²) < 4.78 is 14.5. The first-order valence-corrected chi connectivity index (χ1v) is 10.8. The number of thiol groups is 1. The van der Waals surface area contributed by atoms with E-state index < -0.39 is 5.82 Å². The second kappa shape index (κ2) is 10.4. The smallest absolute Gasteiger partial charge is 0.214 e. The van der Waals surface area contributed by atoms with Gasteiger partial charge >= 0.3 is 0 Å². The molecule has 0 radical (unpaired) electrons. The van der Waals surface area contributed by atoms with Crippen molar-refractivity contribution in [1.29, 1.82) is 0 Å². The molecule has 0 atom stereocenters. The number of amides is 1. The third-order valence-electron chi connectivity index (χ3n) is 5.02. The lowest BCUT2D eigenvalue weighted by atomic mass is 10.0. The van der Waals surface area contributed by atoms with Crippen LogP contribution in [-0.2, 0) is 11.3 Å². The van der Waals surface area contributed by atoms with Crippen molar-refractivity contribution in [3.05, 3.63) is 76.0 Å². The summed E-state index contributed by atoms with van der Waals surface area (Å²) >= 11 is 0.356. The lowest BCUT2D eigenvalue weighted by Gasteiger charge is -2.21. The predicted octanol–water partition coefficient (Wildman–Crippen LogP) is 3.43. The molecular formula is C23H25FN4O3S. The number of aliphatic hydroxyl groups excluding tert-OH is 2. The Morgan fingerprint density at radius 1 is 1.28 bits per heavy atom. The van der Waals surface area contributed by atoms with Crippen molar-refractivity contribution in [2.45, 2.75) is 26.8 Å². The summed E-state index contributed by atoms with van der Waals surface area (Å²) in [7, 11) is 0. The van der Waals surface area contributed by atoms with Gasteiger partial charge in [-0.05, 0) is 25.3 Å². The monoisotopic (exact) mass is 456 g/mol. The zero-order valence-corrected chi connectivity index (χ0v) is 18.7. The average Bonchev–Trinajstić information content (AvgIpc) is 2.77. The van der Waals surface area contributed by atoms with Gasteiger partial charge in [0.15, 0.2) is 0 Å². The van der Waals surface area contributed by atoms with Gasteiger partial charge in [0.2, 0.25) is 6.41 Å². The molecule has 0 aliphatic heterocycles. The maximum Gasteiger partial charge on any atom is 0.214 e. The molecule has 1 amide bonds. The van der Waals surface area contributed by atoms with Crippen LogP contribution in [0.15, 0.2) is 53.2 Å². The van der Waals surface area contributed by atoms with Gasteiger partial charge in [0, 0.05) is 46.3 Å². The van der Waals surface area contributed by atoms with Crippen LogP contribution in [0.5, 0.6) is 0 Å². The number of aliphatic hydroxyl groups is 2. The van der Waals surface area contributed by atoms with E-state index in [9.17, 15) is 19.4 Å². The first kappa shape index (κ1) is 23.5. The highest BCUT2D eigenvalue weighted by Gasteiger charge is 2.15. The normalized spacial score (nSPS) is 12.8. The number of hydrogen-bond donors (Lipinski definition) is 4. The maximum atomic E-state index is 14.5. The van der Waals surface area contributed by atoms with Gasteiger partial charge < -0.3 is 20.8 Å². The predicted molar refractivity (Wildman–Crippen MR) is 127 cm³/mol. The lowest BCUT2D eigenvalue weighted by molar-refractivity contribution is -0.116. The zero-order chi connectivity index (χ0) is 23.3. The summed E-state index contributed by atoms with van der Waals surface area (Å²) in [6.07, 6.45) is 2.43. The zero-order valence-electron chi connectivity index (χ0n) is 17.8. The minimum atomic E-state index is -0.436. The van der Waals surface area contributed by atoms with Gasteiger partial charge in [-0.25, -0.2) is 14.4 Å². The Kier molecular flexibility index (Phi) is 7.68. The standard InChI is InChI=1S/C23H25FN4O3S/c1-14(28(13-30)12-17-11-26-15(2)27-22(17)25)20(9-10-29)32-23(31)18-7-3-5-16-6-4-8-19(24)21(16)18/h3-8,11,13,29,31-32H,9-10,12H2,1-2H3,(H2,25,26,27)/b20-14-. The number of fused-ring (bicyclic) bond motifs is 1. The Hall–Kier alpha value is -3.14. The number of aromatic nitrogens is 2. The maximum absolute atomic E-state index is 14.5. The Bertz CT molecular complexity index is 1210. The Balaban J connectivity index is 2.03. The van der Waals surface area contributed by atoms with Crippen molar-refractivity contribution >= 4 is 39.4 Å². The summed E-state index contributed by atoms with van der Waals surface area (Å²) in [5, 5.41) is 21.4. The largest absolute Gasteiger partial charge is 0.396 e. The second-order valence-corrected chi connectivity index (χ2v) is 8.33. The first-order chi connectivity index (χ1) is 15.3. The molecule has 0 bridgehead atoms. The van der Waals surface area contributed by atoms with E-state index in [1.807, 2.05) is 0 Å². The van der Waals surface area contributed by atoms with Gasteiger partial charge in [-0.2, -0.15) is 0 Å². The number of allylic oxidation sites excluding steroid dienone is 1. The SMILES string of the molecule is C/C(=C(CCO)/[SH]=C(\O)c1cccc2cccc(F)c12)N(C=O)Cc1cnc(C)nc1N. The Morgan fingerprint density at radius 2 is 2.00 bits per heavy atom. The molecular weight excluding hydrogens is 431 g/mol. The van der Waals surface area contributed by atoms with Gasteiger partial charge in [0.1, 0.15) is 22.5 Å². The number of nitrogen functional groups attached to an aromatic ring is 1. The molecule has 0 fully saturated rings. The summed E-state index contributed by atoms with van der Waals surface area (Å²) in [6, 6.07) is 9.87. The van der Waals surface area contributed by atoms with Crippen LogP contribution in [0.25, 0.3) is 10.8 Å². The number of anilines is 1. The molecule has 1 heterocycles. The highest BCUT2D eigenvalue weighted by molar-refractivity contribution is 8.02. The molecule has 0 spiro atoms. The first-order valence-electron chi connectivity index (χ1n) is 9.91. The third kappa shape index (κ3) is 5.18. The molecule has 3 rings (SSSR count). The van der Waals surface area contributed by atoms with E-state index in [1.54, 1.807) is 50.4 Å². The van der Waals surface area contributed by atoms with Crippen molar-refractivity contribution in [1.82, 2.24) is 14.9 Å². The molecule has 168 valence electrons. The van der Waals surface area contributed by atoms with Crippen LogP contribution in [0.2, 0.25) is 0 Å². The van der Waals surface area contributed by atoms with E-state index in [0.29, 0.717) is 56.1 Å². The summed E-state index contributed by atoms with van der Waals surface area (Å²) in [6.45, 7) is 3.39. The minimum Gasteiger partial charge on any atom is -0.396 e.